The average Bonchev–Trinajstić information content (AvgIpc) is 2.63. The number of hydrogen-bond donors (Lipinski definition) is 2. The van der Waals surface area contributed by atoms with Crippen LogP contribution in [0.4, 0.5) is 0 Å². The van der Waals surface area contributed by atoms with E-state index in [1.165, 1.54) is 0 Å². The minimum atomic E-state index is -0.470. The number of carbonyl (C=O) groups excluding carboxylic acids is 2. The second-order valence-electron chi connectivity index (χ2n) is 7.25. The molecule has 2 atom stereocenters. The Morgan fingerprint density at radius 1 is 1.20 bits per heavy atom. The van der Waals surface area contributed by atoms with E-state index < -0.39 is 6.04 Å². The standard InChI is InChI=1S/C20H31N3O2/c1-4-17(15-8-6-5-7-9-15)20(25)23-12-10-16(11-13-23)22-19(24)18(21)14(2)3/h5-9,14,16-18H,4,10-13,21H2,1-3H3,(H,22,24)/t17?,18-/m0/s1. The Labute approximate surface area is 151 Å². The van der Waals surface area contributed by atoms with E-state index in [0.717, 1.165) is 24.8 Å². The molecule has 3 N–H and O–H groups in total. The van der Waals surface area contributed by atoms with Gasteiger partial charge in [-0.1, -0.05) is 51.1 Å². The van der Waals surface area contributed by atoms with E-state index in [9.17, 15) is 9.59 Å². The van der Waals surface area contributed by atoms with Crippen LogP contribution in [0.25, 0.3) is 0 Å². The first-order valence-corrected chi connectivity index (χ1v) is 9.33. The van der Waals surface area contributed by atoms with Gasteiger partial charge in [-0.15, -0.1) is 0 Å². The SMILES string of the molecule is CCC(C(=O)N1CCC(NC(=O)[C@@H](N)C(C)C)CC1)c1ccccc1. The number of piperidine rings is 1. The van der Waals surface area contributed by atoms with E-state index in [-0.39, 0.29) is 29.7 Å². The van der Waals surface area contributed by atoms with Crippen molar-refractivity contribution in [3.8, 4) is 0 Å². The fourth-order valence-electron chi connectivity index (χ4n) is 3.30. The van der Waals surface area contributed by atoms with Crippen LogP contribution < -0.4 is 11.1 Å². The summed E-state index contributed by atoms with van der Waals surface area (Å²) in [5.74, 6) is 0.146. The fraction of sp³-hybridized carbons (Fsp3) is 0.600. The Morgan fingerprint density at radius 3 is 2.32 bits per heavy atom. The van der Waals surface area contributed by atoms with Crippen molar-refractivity contribution in [3.63, 3.8) is 0 Å². The van der Waals surface area contributed by atoms with Crippen molar-refractivity contribution < 1.29 is 9.59 Å². The number of benzene rings is 1. The van der Waals surface area contributed by atoms with Gasteiger partial charge in [0, 0.05) is 19.1 Å². The molecular formula is C20H31N3O2. The maximum absolute atomic E-state index is 12.9. The Bertz CT molecular complexity index is 566. The number of nitrogens with one attached hydrogen (secondary N) is 1. The van der Waals surface area contributed by atoms with Gasteiger partial charge in [0.1, 0.15) is 0 Å². The van der Waals surface area contributed by atoms with Crippen LogP contribution >= 0.6 is 0 Å². The first-order chi connectivity index (χ1) is 11.9. The summed E-state index contributed by atoms with van der Waals surface area (Å²) in [5.41, 5.74) is 6.98. The molecule has 0 radical (unpaired) electrons. The van der Waals surface area contributed by atoms with Crippen molar-refractivity contribution in [2.75, 3.05) is 13.1 Å². The van der Waals surface area contributed by atoms with Gasteiger partial charge in [0.2, 0.25) is 11.8 Å². The monoisotopic (exact) mass is 345 g/mol. The van der Waals surface area contributed by atoms with Gasteiger partial charge in [-0.05, 0) is 30.7 Å². The first kappa shape index (κ1) is 19.4. The molecule has 1 heterocycles. The lowest BCUT2D eigenvalue weighted by Gasteiger charge is -2.35. The number of hydrogen-bond acceptors (Lipinski definition) is 3. The molecule has 0 aliphatic carbocycles. The van der Waals surface area contributed by atoms with E-state index >= 15 is 0 Å². The molecule has 0 aromatic heterocycles. The Balaban J connectivity index is 1.89. The predicted octanol–water partition coefficient (Wildman–Crippen LogP) is 2.27. The van der Waals surface area contributed by atoms with Crippen molar-refractivity contribution in [1.82, 2.24) is 10.2 Å². The number of rotatable bonds is 6. The molecule has 25 heavy (non-hydrogen) atoms. The summed E-state index contributed by atoms with van der Waals surface area (Å²) >= 11 is 0. The lowest BCUT2D eigenvalue weighted by Crippen LogP contribution is -2.52. The van der Waals surface area contributed by atoms with Gasteiger partial charge in [0.25, 0.3) is 0 Å². The van der Waals surface area contributed by atoms with Crippen LogP contribution in [-0.2, 0) is 9.59 Å². The summed E-state index contributed by atoms with van der Waals surface area (Å²) in [5, 5.41) is 3.03. The van der Waals surface area contributed by atoms with E-state index in [1.54, 1.807) is 0 Å². The van der Waals surface area contributed by atoms with E-state index in [4.69, 9.17) is 5.73 Å². The van der Waals surface area contributed by atoms with Gasteiger partial charge in [-0.2, -0.15) is 0 Å². The van der Waals surface area contributed by atoms with Crippen LogP contribution in [0, 0.1) is 5.92 Å². The van der Waals surface area contributed by atoms with E-state index in [0.29, 0.717) is 13.1 Å². The molecular weight excluding hydrogens is 314 g/mol. The third kappa shape index (κ3) is 5.05. The minimum Gasteiger partial charge on any atom is -0.352 e. The molecule has 5 heteroatoms. The number of carbonyl (C=O) groups is 2. The van der Waals surface area contributed by atoms with Crippen molar-refractivity contribution in [3.05, 3.63) is 35.9 Å². The fourth-order valence-corrected chi connectivity index (χ4v) is 3.30. The van der Waals surface area contributed by atoms with Gasteiger partial charge in [0.05, 0.1) is 12.0 Å². The number of nitrogens with zero attached hydrogens (tertiary/aromatic N) is 1. The second-order valence-corrected chi connectivity index (χ2v) is 7.25. The van der Waals surface area contributed by atoms with Gasteiger partial charge < -0.3 is 16.0 Å². The maximum Gasteiger partial charge on any atom is 0.237 e. The molecule has 5 nitrogen and oxygen atoms in total. The summed E-state index contributed by atoms with van der Waals surface area (Å²) in [6.45, 7) is 7.31. The molecule has 0 saturated carbocycles. The first-order valence-electron chi connectivity index (χ1n) is 9.33. The highest BCUT2D eigenvalue weighted by Gasteiger charge is 2.29. The summed E-state index contributed by atoms with van der Waals surface area (Å²) in [6.07, 6.45) is 2.36. The summed E-state index contributed by atoms with van der Waals surface area (Å²) in [4.78, 5) is 26.9. The molecule has 1 unspecified atom stereocenters. The maximum atomic E-state index is 12.9. The molecule has 1 saturated heterocycles. The van der Waals surface area contributed by atoms with Gasteiger partial charge in [0.15, 0.2) is 0 Å². The zero-order valence-electron chi connectivity index (χ0n) is 15.6. The van der Waals surface area contributed by atoms with Gasteiger partial charge in [-0.3, -0.25) is 9.59 Å². The Hall–Kier alpha value is -1.88. The highest BCUT2D eigenvalue weighted by molar-refractivity contribution is 5.84. The lowest BCUT2D eigenvalue weighted by atomic mass is 9.93. The molecule has 138 valence electrons. The zero-order valence-corrected chi connectivity index (χ0v) is 15.6. The highest BCUT2D eigenvalue weighted by atomic mass is 16.2. The molecule has 1 aliphatic heterocycles. The van der Waals surface area contributed by atoms with Crippen LogP contribution in [0.2, 0.25) is 0 Å². The Morgan fingerprint density at radius 2 is 1.80 bits per heavy atom. The van der Waals surface area contributed by atoms with Crippen LogP contribution in [0.5, 0.6) is 0 Å². The third-order valence-corrected chi connectivity index (χ3v) is 5.08. The average molecular weight is 345 g/mol. The molecule has 0 bridgehead atoms. The van der Waals surface area contributed by atoms with Crippen molar-refractivity contribution >= 4 is 11.8 Å². The number of likely N-dealkylation sites (tertiary alicyclic amines) is 1. The largest absolute Gasteiger partial charge is 0.352 e. The van der Waals surface area contributed by atoms with Crippen LogP contribution in [0.15, 0.2) is 30.3 Å². The normalized spacial score (nSPS) is 18.0. The summed E-state index contributed by atoms with van der Waals surface area (Å²) < 4.78 is 0. The van der Waals surface area contributed by atoms with E-state index in [2.05, 4.69) is 12.2 Å². The highest BCUT2D eigenvalue weighted by Crippen LogP contribution is 2.24. The van der Waals surface area contributed by atoms with Crippen LogP contribution in [0.3, 0.4) is 0 Å². The molecule has 2 amide bonds. The summed E-state index contributed by atoms with van der Waals surface area (Å²) in [6, 6.07) is 9.60. The molecule has 0 spiro atoms. The molecule has 1 aromatic carbocycles. The quantitative estimate of drug-likeness (QED) is 0.830. The smallest absolute Gasteiger partial charge is 0.237 e. The second kappa shape index (κ2) is 8.99. The van der Waals surface area contributed by atoms with Crippen molar-refractivity contribution in [1.29, 1.82) is 0 Å². The third-order valence-electron chi connectivity index (χ3n) is 5.08. The molecule has 1 aliphatic rings. The van der Waals surface area contributed by atoms with Crippen LogP contribution in [0.1, 0.15) is 51.5 Å². The van der Waals surface area contributed by atoms with Crippen LogP contribution in [-0.4, -0.2) is 41.9 Å². The molecule has 1 aromatic rings. The van der Waals surface area contributed by atoms with Gasteiger partial charge >= 0.3 is 0 Å². The number of amides is 2. The lowest BCUT2D eigenvalue weighted by molar-refractivity contribution is -0.134. The predicted molar refractivity (Wildman–Crippen MR) is 100 cm³/mol. The topological polar surface area (TPSA) is 75.4 Å². The van der Waals surface area contributed by atoms with E-state index in [1.807, 2.05) is 49.1 Å². The van der Waals surface area contributed by atoms with Gasteiger partial charge in [-0.25, -0.2) is 0 Å². The van der Waals surface area contributed by atoms with Crippen molar-refractivity contribution in [2.45, 2.75) is 58.0 Å². The zero-order chi connectivity index (χ0) is 18.4. The number of nitrogens with two attached hydrogens (primary N) is 1. The Kier molecular flexibility index (Phi) is 7.00. The minimum absolute atomic E-state index is 0.0818. The molecule has 1 fully saturated rings. The molecule has 2 rings (SSSR count). The van der Waals surface area contributed by atoms with Crippen molar-refractivity contribution in [2.24, 2.45) is 11.7 Å². The summed E-state index contributed by atoms with van der Waals surface area (Å²) in [7, 11) is 0.